The lowest BCUT2D eigenvalue weighted by Gasteiger charge is -2.32. The predicted molar refractivity (Wildman–Crippen MR) is 102 cm³/mol. The molecule has 6 nitrogen and oxygen atoms in total. The first-order valence-electron chi connectivity index (χ1n) is 8.05. The molecule has 0 saturated heterocycles. The van der Waals surface area contributed by atoms with E-state index in [0.29, 0.717) is 6.42 Å². The van der Waals surface area contributed by atoms with Gasteiger partial charge in [0.2, 0.25) is 5.96 Å². The predicted octanol–water partition coefficient (Wildman–Crippen LogP) is 3.80. The van der Waals surface area contributed by atoms with Crippen molar-refractivity contribution < 1.29 is 0 Å². The summed E-state index contributed by atoms with van der Waals surface area (Å²) in [5.41, 5.74) is 0.975. The van der Waals surface area contributed by atoms with Crippen molar-refractivity contribution in [3.8, 4) is 12.1 Å². The number of nitrogens with one attached hydrogen (secondary N) is 1. The van der Waals surface area contributed by atoms with Crippen LogP contribution in [0.5, 0.6) is 0 Å². The molecule has 0 bridgehead atoms. The number of guanidine groups is 1. The van der Waals surface area contributed by atoms with Crippen molar-refractivity contribution in [1.29, 1.82) is 10.5 Å². The largest absolute Gasteiger partial charge is 0.333 e. The molecule has 0 amide bonds. The van der Waals surface area contributed by atoms with E-state index in [-0.39, 0.29) is 6.04 Å². The lowest BCUT2D eigenvalue weighted by Crippen LogP contribution is -2.48. The van der Waals surface area contributed by atoms with Crippen molar-refractivity contribution in [2.75, 3.05) is 11.4 Å². The van der Waals surface area contributed by atoms with Crippen molar-refractivity contribution in [2.24, 2.45) is 4.99 Å². The summed E-state index contributed by atoms with van der Waals surface area (Å²) in [6.45, 7) is 4.27. The summed E-state index contributed by atoms with van der Waals surface area (Å²) in [4.78, 5) is 11.3. The molecule has 0 spiro atoms. The minimum atomic E-state index is -0.0394. The summed E-state index contributed by atoms with van der Waals surface area (Å²) in [5.74, 6) is 0.767. The Morgan fingerprint density at radius 1 is 1.36 bits per heavy atom. The van der Waals surface area contributed by atoms with Gasteiger partial charge < -0.3 is 5.32 Å². The Hall–Kier alpha value is -2.90. The standard InChI is InChI=1S/C16H17N5S.C2H3N/c1-2-10-18-15-19-11-8-12(7-9-17)21(15)16-20-13-5-3-4-6-14(13)22-16;1-2-3/h3-6,8,11-12H,2,7,10H2,1H3,(H,18,19);1H3. The number of para-hydroxylation sites is 1. The Labute approximate surface area is 151 Å². The van der Waals surface area contributed by atoms with Crippen molar-refractivity contribution in [1.82, 2.24) is 10.3 Å². The first-order chi connectivity index (χ1) is 12.2. The second kappa shape index (κ2) is 9.41. The third-order valence-electron chi connectivity index (χ3n) is 3.36. The quantitative estimate of drug-likeness (QED) is 0.904. The maximum absolute atomic E-state index is 9.10. The van der Waals surface area contributed by atoms with Gasteiger partial charge in [0.25, 0.3) is 0 Å². The number of anilines is 1. The van der Waals surface area contributed by atoms with E-state index in [2.05, 4.69) is 29.4 Å². The van der Waals surface area contributed by atoms with Crippen LogP contribution in [-0.4, -0.2) is 23.5 Å². The van der Waals surface area contributed by atoms with Gasteiger partial charge in [0.15, 0.2) is 5.13 Å². The Kier molecular flexibility index (Phi) is 6.94. The monoisotopic (exact) mass is 352 g/mol. The second-order valence-electron chi connectivity index (χ2n) is 5.20. The summed E-state index contributed by atoms with van der Waals surface area (Å²) >= 11 is 1.62. The molecule has 7 heteroatoms. The Balaban J connectivity index is 0.000000701. The molecule has 128 valence electrons. The Morgan fingerprint density at radius 2 is 2.12 bits per heavy atom. The van der Waals surface area contributed by atoms with E-state index in [1.54, 1.807) is 17.4 Å². The number of hydrogen-bond donors (Lipinski definition) is 1. The first kappa shape index (κ1) is 18.4. The fourth-order valence-electron chi connectivity index (χ4n) is 2.33. The van der Waals surface area contributed by atoms with Crippen molar-refractivity contribution in [2.45, 2.75) is 32.7 Å². The molecule has 1 atom stereocenters. The maximum atomic E-state index is 9.10. The molecule has 1 aromatic carbocycles. The Morgan fingerprint density at radius 3 is 2.80 bits per heavy atom. The van der Waals surface area contributed by atoms with Crippen LogP contribution in [0.1, 0.15) is 26.7 Å². The van der Waals surface area contributed by atoms with Gasteiger partial charge in [-0.3, -0.25) is 9.89 Å². The number of aliphatic imine (C=N–C) groups is 1. The zero-order valence-electron chi connectivity index (χ0n) is 14.3. The highest BCUT2D eigenvalue weighted by atomic mass is 32.1. The molecular formula is C18H20N6S. The van der Waals surface area contributed by atoms with Crippen LogP contribution in [0.4, 0.5) is 5.13 Å². The lowest BCUT2D eigenvalue weighted by atomic mass is 10.2. The molecular weight excluding hydrogens is 332 g/mol. The van der Waals surface area contributed by atoms with Crippen molar-refractivity contribution >= 4 is 32.6 Å². The third-order valence-corrected chi connectivity index (χ3v) is 4.40. The van der Waals surface area contributed by atoms with E-state index in [1.165, 1.54) is 6.92 Å². The van der Waals surface area contributed by atoms with Gasteiger partial charge in [-0.15, -0.1) is 0 Å². The molecule has 1 aromatic heterocycles. The number of thiazole rings is 1. The number of nitriles is 2. The smallest absolute Gasteiger partial charge is 0.204 e. The zero-order valence-corrected chi connectivity index (χ0v) is 15.1. The molecule has 0 aliphatic carbocycles. The van der Waals surface area contributed by atoms with Gasteiger partial charge >= 0.3 is 0 Å². The number of nitrogens with zero attached hydrogens (tertiary/aromatic N) is 5. The highest BCUT2D eigenvalue weighted by Crippen LogP contribution is 2.31. The van der Waals surface area contributed by atoms with Gasteiger partial charge in [-0.2, -0.15) is 10.5 Å². The van der Waals surface area contributed by atoms with E-state index in [0.717, 1.165) is 34.3 Å². The van der Waals surface area contributed by atoms with Crippen LogP contribution in [0.3, 0.4) is 0 Å². The minimum absolute atomic E-state index is 0.0394. The van der Waals surface area contributed by atoms with Gasteiger partial charge in [0, 0.05) is 19.7 Å². The van der Waals surface area contributed by atoms with Crippen molar-refractivity contribution in [3.63, 3.8) is 0 Å². The van der Waals surface area contributed by atoms with E-state index < -0.39 is 0 Å². The topological polar surface area (TPSA) is 88.1 Å². The summed E-state index contributed by atoms with van der Waals surface area (Å²) in [7, 11) is 0. The fraction of sp³-hybridized carbons (Fsp3) is 0.333. The van der Waals surface area contributed by atoms with E-state index in [1.807, 2.05) is 35.4 Å². The Bertz CT molecular complexity index is 806. The van der Waals surface area contributed by atoms with E-state index in [4.69, 9.17) is 15.5 Å². The normalized spacial score (nSPS) is 17.4. The van der Waals surface area contributed by atoms with Gasteiger partial charge in [0.1, 0.15) is 0 Å². The van der Waals surface area contributed by atoms with Crippen LogP contribution >= 0.6 is 11.3 Å². The summed E-state index contributed by atoms with van der Waals surface area (Å²) in [6.07, 6.45) is 5.23. The molecule has 2 heterocycles. The van der Waals surface area contributed by atoms with Crippen LogP contribution in [0.15, 0.2) is 41.5 Å². The number of hydrogen-bond acceptors (Lipinski definition) is 5. The zero-order chi connectivity index (χ0) is 18.1. The molecule has 1 N–H and O–H groups in total. The summed E-state index contributed by atoms with van der Waals surface area (Å²) in [6, 6.07) is 12.0. The van der Waals surface area contributed by atoms with Gasteiger partial charge in [-0.05, 0) is 24.6 Å². The minimum Gasteiger partial charge on any atom is -0.333 e. The molecule has 2 aromatic rings. The summed E-state index contributed by atoms with van der Waals surface area (Å²) < 4.78 is 1.14. The molecule has 1 unspecified atom stereocenters. The lowest BCUT2D eigenvalue weighted by molar-refractivity contribution is 0.768. The van der Waals surface area contributed by atoms with Crippen LogP contribution < -0.4 is 10.2 Å². The van der Waals surface area contributed by atoms with Crippen LogP contribution in [0.25, 0.3) is 10.2 Å². The SMILES string of the molecule is CC#N.CCCN=C1NC=CC(CC#N)N1c1nc2ccccc2s1. The number of rotatable bonds is 4. The second-order valence-corrected chi connectivity index (χ2v) is 6.21. The van der Waals surface area contributed by atoms with Crippen LogP contribution in [0.2, 0.25) is 0 Å². The van der Waals surface area contributed by atoms with Gasteiger partial charge in [0.05, 0.1) is 34.8 Å². The first-order valence-corrected chi connectivity index (χ1v) is 8.87. The fourth-order valence-corrected chi connectivity index (χ4v) is 3.36. The van der Waals surface area contributed by atoms with Crippen LogP contribution in [-0.2, 0) is 0 Å². The average Bonchev–Trinajstić information content (AvgIpc) is 3.04. The van der Waals surface area contributed by atoms with E-state index in [9.17, 15) is 0 Å². The molecule has 25 heavy (non-hydrogen) atoms. The highest BCUT2D eigenvalue weighted by Gasteiger charge is 2.27. The number of aromatic nitrogens is 1. The molecule has 1 aliphatic heterocycles. The number of benzene rings is 1. The average molecular weight is 352 g/mol. The molecule has 0 radical (unpaired) electrons. The maximum Gasteiger partial charge on any atom is 0.204 e. The molecule has 0 saturated carbocycles. The number of fused-ring (bicyclic) bond motifs is 1. The van der Waals surface area contributed by atoms with Gasteiger partial charge in [-0.1, -0.05) is 30.4 Å². The summed E-state index contributed by atoms with van der Waals surface area (Å²) in [5, 5.41) is 20.5. The van der Waals surface area contributed by atoms with E-state index >= 15 is 0 Å². The van der Waals surface area contributed by atoms with Crippen molar-refractivity contribution in [3.05, 3.63) is 36.5 Å². The molecule has 3 rings (SSSR count). The van der Waals surface area contributed by atoms with Gasteiger partial charge in [-0.25, -0.2) is 4.98 Å². The van der Waals surface area contributed by atoms with Crippen LogP contribution in [0, 0.1) is 22.7 Å². The molecule has 0 fully saturated rings. The third kappa shape index (κ3) is 4.56. The molecule has 1 aliphatic rings. The highest BCUT2D eigenvalue weighted by molar-refractivity contribution is 7.22.